The minimum atomic E-state index is 0.796. The lowest BCUT2D eigenvalue weighted by molar-refractivity contribution is 1.06. The molecule has 0 radical (unpaired) electrons. The van der Waals surface area contributed by atoms with Crippen molar-refractivity contribution in [2.75, 3.05) is 11.4 Å². The number of nitrogens with one attached hydrogen (secondary N) is 1. The maximum atomic E-state index is 3.78. The van der Waals surface area contributed by atoms with Crippen LogP contribution < -0.4 is 4.90 Å². The molecule has 0 fully saturated rings. The molecule has 2 rings (SSSR count). The van der Waals surface area contributed by atoms with Crippen molar-refractivity contribution in [1.82, 2.24) is 4.98 Å². The Bertz CT molecular complexity index is 403. The highest BCUT2D eigenvalue weighted by Gasteiger charge is 2.06. The number of H-pyrrole nitrogens is 1. The highest BCUT2D eigenvalue weighted by atomic mass is 15.2. The normalized spacial score (nSPS) is 9.87. The fourth-order valence-corrected chi connectivity index (χ4v) is 1.57. The zero-order chi connectivity index (χ0) is 10.5. The summed E-state index contributed by atoms with van der Waals surface area (Å²) in [5.41, 5.74) is 1.17. The van der Waals surface area contributed by atoms with Crippen molar-refractivity contribution in [3.05, 3.63) is 61.3 Å². The number of aromatic amines is 1. The first-order valence-corrected chi connectivity index (χ1v) is 4.98. The van der Waals surface area contributed by atoms with Crippen molar-refractivity contribution in [2.45, 2.75) is 0 Å². The number of benzene rings is 1. The highest BCUT2D eigenvalue weighted by molar-refractivity contribution is 5.60. The minimum Gasteiger partial charge on any atom is -0.348 e. The third-order valence-corrected chi connectivity index (χ3v) is 2.25. The topological polar surface area (TPSA) is 19.0 Å². The molecule has 1 heterocycles. The smallest absolute Gasteiger partial charge is 0.110 e. The Kier molecular flexibility index (Phi) is 2.88. The van der Waals surface area contributed by atoms with Gasteiger partial charge in [-0.3, -0.25) is 0 Å². The van der Waals surface area contributed by atoms with Crippen LogP contribution in [0.4, 0.5) is 11.5 Å². The molecule has 0 atom stereocenters. The first-order valence-electron chi connectivity index (χ1n) is 4.98. The summed E-state index contributed by atoms with van der Waals surface area (Å²) < 4.78 is 0. The maximum absolute atomic E-state index is 3.78. The van der Waals surface area contributed by atoms with Crippen molar-refractivity contribution in [3.8, 4) is 0 Å². The standard InChI is InChI=1S/C13H14N2/c1-2-11-15(13-9-6-10-14-13)12-7-4-3-5-8-12/h2-10,14H,1,11H2. The van der Waals surface area contributed by atoms with Gasteiger partial charge in [0.2, 0.25) is 0 Å². The fourth-order valence-electron chi connectivity index (χ4n) is 1.57. The SMILES string of the molecule is C=CCN(c1ccccc1)c1ccc[nH]1. The Hall–Kier alpha value is -1.96. The van der Waals surface area contributed by atoms with Crippen LogP contribution in [0.25, 0.3) is 0 Å². The van der Waals surface area contributed by atoms with E-state index in [-0.39, 0.29) is 0 Å². The molecule has 2 aromatic rings. The Morgan fingerprint density at radius 3 is 2.53 bits per heavy atom. The molecule has 1 aromatic heterocycles. The number of para-hydroxylation sites is 1. The monoisotopic (exact) mass is 198 g/mol. The summed E-state index contributed by atoms with van der Waals surface area (Å²) in [4.78, 5) is 5.37. The van der Waals surface area contributed by atoms with Crippen LogP contribution in [0.5, 0.6) is 0 Å². The number of anilines is 2. The van der Waals surface area contributed by atoms with Gasteiger partial charge in [0.25, 0.3) is 0 Å². The molecule has 1 aromatic carbocycles. The fraction of sp³-hybridized carbons (Fsp3) is 0.0769. The Morgan fingerprint density at radius 1 is 1.13 bits per heavy atom. The van der Waals surface area contributed by atoms with Gasteiger partial charge in [0.05, 0.1) is 0 Å². The zero-order valence-electron chi connectivity index (χ0n) is 8.56. The second-order valence-electron chi connectivity index (χ2n) is 3.29. The molecule has 2 heteroatoms. The molecule has 0 amide bonds. The van der Waals surface area contributed by atoms with Gasteiger partial charge in [-0.1, -0.05) is 24.3 Å². The van der Waals surface area contributed by atoms with Gasteiger partial charge in [-0.15, -0.1) is 6.58 Å². The number of aromatic nitrogens is 1. The lowest BCUT2D eigenvalue weighted by Crippen LogP contribution is -2.16. The summed E-state index contributed by atoms with van der Waals surface area (Å²) in [6.45, 7) is 4.58. The first-order chi connectivity index (χ1) is 7.42. The van der Waals surface area contributed by atoms with Gasteiger partial charge in [-0.25, -0.2) is 0 Å². The summed E-state index contributed by atoms with van der Waals surface area (Å²) in [5, 5.41) is 0. The van der Waals surface area contributed by atoms with Crippen molar-refractivity contribution in [1.29, 1.82) is 0 Å². The van der Waals surface area contributed by atoms with E-state index < -0.39 is 0 Å². The van der Waals surface area contributed by atoms with Crippen LogP contribution in [0.3, 0.4) is 0 Å². The number of hydrogen-bond donors (Lipinski definition) is 1. The maximum Gasteiger partial charge on any atom is 0.110 e. The molecule has 0 aliphatic rings. The largest absolute Gasteiger partial charge is 0.348 e. The van der Waals surface area contributed by atoms with Crippen molar-refractivity contribution >= 4 is 11.5 Å². The van der Waals surface area contributed by atoms with E-state index in [9.17, 15) is 0 Å². The molecule has 0 unspecified atom stereocenters. The van der Waals surface area contributed by atoms with Crippen molar-refractivity contribution in [2.24, 2.45) is 0 Å². The van der Waals surface area contributed by atoms with Crippen LogP contribution in [0.15, 0.2) is 61.3 Å². The molecule has 0 saturated heterocycles. The zero-order valence-corrected chi connectivity index (χ0v) is 8.56. The van der Waals surface area contributed by atoms with Gasteiger partial charge >= 0.3 is 0 Å². The quantitative estimate of drug-likeness (QED) is 0.746. The molecular weight excluding hydrogens is 184 g/mol. The van der Waals surface area contributed by atoms with Crippen LogP contribution >= 0.6 is 0 Å². The van der Waals surface area contributed by atoms with Gasteiger partial charge in [0, 0.05) is 18.4 Å². The van der Waals surface area contributed by atoms with Crippen LogP contribution in [-0.4, -0.2) is 11.5 Å². The van der Waals surface area contributed by atoms with Crippen LogP contribution in [0.2, 0.25) is 0 Å². The Labute approximate surface area is 89.9 Å². The van der Waals surface area contributed by atoms with E-state index in [1.807, 2.05) is 36.5 Å². The lowest BCUT2D eigenvalue weighted by Gasteiger charge is -2.21. The summed E-state index contributed by atoms with van der Waals surface area (Å²) >= 11 is 0. The molecule has 1 N–H and O–H groups in total. The predicted octanol–water partition coefficient (Wildman–Crippen LogP) is 3.34. The average Bonchev–Trinajstić information content (AvgIpc) is 2.80. The van der Waals surface area contributed by atoms with E-state index in [2.05, 4.69) is 34.7 Å². The molecule has 0 aliphatic carbocycles. The van der Waals surface area contributed by atoms with Crippen LogP contribution in [0, 0.1) is 0 Å². The number of rotatable bonds is 4. The average molecular weight is 198 g/mol. The summed E-state index contributed by atoms with van der Waals surface area (Å²) in [7, 11) is 0. The summed E-state index contributed by atoms with van der Waals surface area (Å²) in [5.74, 6) is 1.08. The van der Waals surface area contributed by atoms with E-state index in [0.29, 0.717) is 0 Å². The van der Waals surface area contributed by atoms with Crippen LogP contribution in [0.1, 0.15) is 0 Å². The van der Waals surface area contributed by atoms with Gasteiger partial charge in [0.15, 0.2) is 0 Å². The van der Waals surface area contributed by atoms with Gasteiger partial charge < -0.3 is 9.88 Å². The number of hydrogen-bond acceptors (Lipinski definition) is 1. The van der Waals surface area contributed by atoms with E-state index in [1.54, 1.807) is 0 Å². The molecule has 76 valence electrons. The molecule has 15 heavy (non-hydrogen) atoms. The predicted molar refractivity (Wildman–Crippen MR) is 64.4 cm³/mol. The summed E-state index contributed by atoms with van der Waals surface area (Å²) in [6.07, 6.45) is 3.82. The van der Waals surface area contributed by atoms with Crippen molar-refractivity contribution < 1.29 is 0 Å². The highest BCUT2D eigenvalue weighted by Crippen LogP contribution is 2.22. The third kappa shape index (κ3) is 2.10. The molecule has 0 aliphatic heterocycles. The minimum absolute atomic E-state index is 0.796. The lowest BCUT2D eigenvalue weighted by atomic mass is 10.3. The number of nitrogens with zero attached hydrogens (tertiary/aromatic N) is 1. The molecule has 2 nitrogen and oxygen atoms in total. The first kappa shape index (κ1) is 9.59. The second kappa shape index (κ2) is 4.51. The summed E-state index contributed by atoms with van der Waals surface area (Å²) in [6, 6.07) is 14.3. The third-order valence-electron chi connectivity index (χ3n) is 2.25. The van der Waals surface area contributed by atoms with E-state index in [0.717, 1.165) is 12.4 Å². The molecular formula is C13H14N2. The van der Waals surface area contributed by atoms with E-state index in [1.165, 1.54) is 5.69 Å². The van der Waals surface area contributed by atoms with Crippen molar-refractivity contribution in [3.63, 3.8) is 0 Å². The second-order valence-corrected chi connectivity index (χ2v) is 3.29. The van der Waals surface area contributed by atoms with E-state index in [4.69, 9.17) is 0 Å². The molecule has 0 saturated carbocycles. The van der Waals surface area contributed by atoms with Crippen LogP contribution in [-0.2, 0) is 0 Å². The van der Waals surface area contributed by atoms with Gasteiger partial charge in [-0.05, 0) is 24.3 Å². The Morgan fingerprint density at radius 2 is 1.93 bits per heavy atom. The molecule has 0 spiro atoms. The van der Waals surface area contributed by atoms with Gasteiger partial charge in [0.1, 0.15) is 5.82 Å². The Balaban J connectivity index is 2.32. The molecule has 0 bridgehead atoms. The van der Waals surface area contributed by atoms with E-state index >= 15 is 0 Å². The van der Waals surface area contributed by atoms with Gasteiger partial charge in [-0.2, -0.15) is 0 Å².